The van der Waals surface area contributed by atoms with Gasteiger partial charge in [-0.15, -0.1) is 0 Å². The van der Waals surface area contributed by atoms with Gasteiger partial charge in [-0.2, -0.15) is 0 Å². The van der Waals surface area contributed by atoms with Crippen LogP contribution in [0, 0.1) is 0 Å². The summed E-state index contributed by atoms with van der Waals surface area (Å²) in [6, 6.07) is 9.06. The third kappa shape index (κ3) is 1.93. The largest absolute Gasteiger partial charge is 0.508 e. The maximum absolute atomic E-state index is 11.2. The van der Waals surface area contributed by atoms with E-state index in [0.29, 0.717) is 18.7 Å². The van der Waals surface area contributed by atoms with Crippen LogP contribution in [0.2, 0.25) is 0 Å². The predicted molar refractivity (Wildman–Crippen MR) is 68.3 cm³/mol. The number of aryl methyl sites for hydroxylation is 1. The Balaban J connectivity index is 2.02. The van der Waals surface area contributed by atoms with Crippen LogP contribution in [0.15, 0.2) is 36.5 Å². The molecule has 0 atom stereocenters. The van der Waals surface area contributed by atoms with Gasteiger partial charge in [0.05, 0.1) is 0 Å². The minimum atomic E-state index is 0.0140. The van der Waals surface area contributed by atoms with Crippen LogP contribution >= 0.6 is 0 Å². The third-order valence-electron chi connectivity index (χ3n) is 3.03. The third-order valence-corrected chi connectivity index (χ3v) is 3.03. The Morgan fingerprint density at radius 2 is 2.06 bits per heavy atom. The van der Waals surface area contributed by atoms with Gasteiger partial charge in [-0.25, -0.2) is 4.98 Å². The summed E-state index contributed by atoms with van der Waals surface area (Å²) < 4.78 is 0. The van der Waals surface area contributed by atoms with Crippen LogP contribution in [-0.4, -0.2) is 16.0 Å². The number of carbonyl (C=O) groups is 1. The molecular weight excluding hydrogens is 228 g/mol. The molecule has 2 N–H and O–H groups in total. The predicted octanol–water partition coefficient (Wildman–Crippen LogP) is 2.34. The van der Waals surface area contributed by atoms with Crippen molar-refractivity contribution >= 4 is 11.7 Å². The summed E-state index contributed by atoms with van der Waals surface area (Å²) >= 11 is 0. The monoisotopic (exact) mass is 240 g/mol. The number of aromatic hydroxyl groups is 1. The number of benzene rings is 1. The van der Waals surface area contributed by atoms with E-state index in [0.717, 1.165) is 16.7 Å². The number of pyridine rings is 1. The molecule has 0 aliphatic carbocycles. The van der Waals surface area contributed by atoms with Crippen molar-refractivity contribution in [2.24, 2.45) is 0 Å². The van der Waals surface area contributed by atoms with Crippen LogP contribution in [0.5, 0.6) is 5.75 Å². The lowest BCUT2D eigenvalue weighted by Gasteiger charge is -2.16. The van der Waals surface area contributed by atoms with Crippen molar-refractivity contribution in [2.75, 3.05) is 5.32 Å². The quantitative estimate of drug-likeness (QED) is 0.804. The van der Waals surface area contributed by atoms with Crippen molar-refractivity contribution in [3.05, 3.63) is 42.1 Å². The van der Waals surface area contributed by atoms with Gasteiger partial charge >= 0.3 is 0 Å². The van der Waals surface area contributed by atoms with Gasteiger partial charge in [0.15, 0.2) is 0 Å². The standard InChI is InChI=1S/C14H12N2O2/c17-12-3-1-2-9(7-12)11-6-10-4-5-13(18)16-14(10)15-8-11/h1-3,6-8,17H,4-5H2,(H,15,16,18). The maximum Gasteiger partial charge on any atom is 0.225 e. The summed E-state index contributed by atoms with van der Waals surface area (Å²) in [7, 11) is 0. The van der Waals surface area contributed by atoms with Crippen molar-refractivity contribution in [1.29, 1.82) is 0 Å². The van der Waals surface area contributed by atoms with Gasteiger partial charge in [-0.1, -0.05) is 12.1 Å². The Kier molecular flexibility index (Phi) is 2.48. The van der Waals surface area contributed by atoms with Crippen molar-refractivity contribution in [2.45, 2.75) is 12.8 Å². The van der Waals surface area contributed by atoms with Gasteiger partial charge in [-0.3, -0.25) is 4.79 Å². The number of phenols is 1. The number of amides is 1. The fraction of sp³-hybridized carbons (Fsp3) is 0.143. The molecule has 4 heteroatoms. The minimum Gasteiger partial charge on any atom is -0.508 e. The fourth-order valence-electron chi connectivity index (χ4n) is 2.10. The summed E-state index contributed by atoms with van der Waals surface area (Å²) in [4.78, 5) is 15.5. The number of rotatable bonds is 1. The smallest absolute Gasteiger partial charge is 0.225 e. The molecule has 0 saturated heterocycles. The molecule has 2 aromatic rings. The molecule has 90 valence electrons. The van der Waals surface area contributed by atoms with Crippen LogP contribution in [0.4, 0.5) is 5.82 Å². The summed E-state index contributed by atoms with van der Waals surface area (Å²) in [6.45, 7) is 0. The van der Waals surface area contributed by atoms with E-state index in [1.807, 2.05) is 12.1 Å². The van der Waals surface area contributed by atoms with Gasteiger partial charge in [0.2, 0.25) is 5.91 Å². The highest BCUT2D eigenvalue weighted by molar-refractivity contribution is 5.93. The Morgan fingerprint density at radius 3 is 2.89 bits per heavy atom. The Bertz CT molecular complexity index is 623. The molecule has 0 saturated carbocycles. The van der Waals surface area contributed by atoms with Gasteiger partial charge in [0, 0.05) is 18.2 Å². The van der Waals surface area contributed by atoms with E-state index in [2.05, 4.69) is 10.3 Å². The molecule has 0 bridgehead atoms. The minimum absolute atomic E-state index is 0.0140. The second-order valence-corrected chi connectivity index (χ2v) is 4.33. The number of hydrogen-bond donors (Lipinski definition) is 2. The molecule has 1 aliphatic rings. The summed E-state index contributed by atoms with van der Waals surface area (Å²) in [5, 5.41) is 12.2. The first kappa shape index (κ1) is 10.8. The summed E-state index contributed by atoms with van der Waals surface area (Å²) in [5.74, 6) is 0.897. The highest BCUT2D eigenvalue weighted by Gasteiger charge is 2.16. The van der Waals surface area contributed by atoms with Crippen molar-refractivity contribution in [3.63, 3.8) is 0 Å². The molecule has 3 rings (SSSR count). The normalized spacial score (nSPS) is 13.9. The summed E-state index contributed by atoms with van der Waals surface area (Å²) in [5.41, 5.74) is 2.90. The molecule has 0 unspecified atom stereocenters. The molecular formula is C14H12N2O2. The SMILES string of the molecule is O=C1CCc2cc(-c3cccc(O)c3)cnc2N1. The van der Waals surface area contributed by atoms with Gasteiger partial charge in [-0.05, 0) is 35.7 Å². The molecule has 18 heavy (non-hydrogen) atoms. The zero-order valence-corrected chi connectivity index (χ0v) is 9.68. The van der Waals surface area contributed by atoms with Crippen molar-refractivity contribution in [1.82, 2.24) is 4.98 Å². The second kappa shape index (κ2) is 4.14. The molecule has 1 aromatic carbocycles. The molecule has 0 fully saturated rings. The topological polar surface area (TPSA) is 62.2 Å². The first-order valence-electron chi connectivity index (χ1n) is 5.80. The number of hydrogen-bond acceptors (Lipinski definition) is 3. The number of aromatic nitrogens is 1. The Hall–Kier alpha value is -2.36. The van der Waals surface area contributed by atoms with Crippen LogP contribution in [0.25, 0.3) is 11.1 Å². The fourth-order valence-corrected chi connectivity index (χ4v) is 2.10. The van der Waals surface area contributed by atoms with Crippen LogP contribution in [-0.2, 0) is 11.2 Å². The first-order valence-corrected chi connectivity index (χ1v) is 5.80. The zero-order valence-electron chi connectivity index (χ0n) is 9.68. The van der Waals surface area contributed by atoms with Gasteiger partial charge in [0.1, 0.15) is 11.6 Å². The van der Waals surface area contributed by atoms with E-state index in [1.165, 1.54) is 0 Å². The van der Waals surface area contributed by atoms with Crippen molar-refractivity contribution < 1.29 is 9.90 Å². The van der Waals surface area contributed by atoms with E-state index < -0.39 is 0 Å². The maximum atomic E-state index is 11.2. The molecule has 1 amide bonds. The lowest BCUT2D eigenvalue weighted by atomic mass is 10.0. The average molecular weight is 240 g/mol. The highest BCUT2D eigenvalue weighted by Crippen LogP contribution is 2.27. The second-order valence-electron chi connectivity index (χ2n) is 4.33. The number of carbonyl (C=O) groups excluding carboxylic acids is 1. The van der Waals surface area contributed by atoms with E-state index >= 15 is 0 Å². The van der Waals surface area contributed by atoms with E-state index in [1.54, 1.807) is 24.4 Å². The molecule has 1 aliphatic heterocycles. The molecule has 0 radical (unpaired) electrons. The molecule has 1 aromatic heterocycles. The Morgan fingerprint density at radius 1 is 1.17 bits per heavy atom. The zero-order chi connectivity index (χ0) is 12.5. The Labute approximate surface area is 104 Å². The lowest BCUT2D eigenvalue weighted by molar-refractivity contribution is -0.116. The number of phenolic OH excluding ortho intramolecular Hbond substituents is 1. The molecule has 4 nitrogen and oxygen atoms in total. The van der Waals surface area contributed by atoms with Crippen molar-refractivity contribution in [3.8, 4) is 16.9 Å². The number of anilines is 1. The van der Waals surface area contributed by atoms with Gasteiger partial charge in [0.25, 0.3) is 0 Å². The van der Waals surface area contributed by atoms with E-state index in [4.69, 9.17) is 0 Å². The highest BCUT2D eigenvalue weighted by atomic mass is 16.3. The van der Waals surface area contributed by atoms with E-state index in [-0.39, 0.29) is 11.7 Å². The summed E-state index contributed by atoms with van der Waals surface area (Å²) in [6.07, 6.45) is 2.91. The molecule has 2 heterocycles. The van der Waals surface area contributed by atoms with Crippen LogP contribution in [0.1, 0.15) is 12.0 Å². The number of nitrogens with one attached hydrogen (secondary N) is 1. The average Bonchev–Trinajstić information content (AvgIpc) is 2.38. The first-order chi connectivity index (χ1) is 8.72. The van der Waals surface area contributed by atoms with Crippen LogP contribution < -0.4 is 5.32 Å². The lowest BCUT2D eigenvalue weighted by Crippen LogP contribution is -2.20. The van der Waals surface area contributed by atoms with E-state index in [9.17, 15) is 9.90 Å². The number of nitrogens with zero attached hydrogens (tertiary/aromatic N) is 1. The number of fused-ring (bicyclic) bond motifs is 1. The molecule has 0 spiro atoms. The van der Waals surface area contributed by atoms with Gasteiger partial charge < -0.3 is 10.4 Å². The van der Waals surface area contributed by atoms with Crippen LogP contribution in [0.3, 0.4) is 0 Å².